The van der Waals surface area contributed by atoms with Crippen LogP contribution in [0.2, 0.25) is 0 Å². The third-order valence-corrected chi connectivity index (χ3v) is 6.42. The molecule has 2 rings (SSSR count). The number of unbranched alkanes of at least 4 members (excludes halogenated alkanes) is 5. The van der Waals surface area contributed by atoms with Crippen LogP contribution in [0.3, 0.4) is 0 Å². The molecule has 0 aromatic heterocycles. The maximum atomic E-state index is 6.23. The minimum absolute atomic E-state index is 0.663. The van der Waals surface area contributed by atoms with E-state index in [1.807, 2.05) is 12.1 Å². The van der Waals surface area contributed by atoms with Gasteiger partial charge in [-0.05, 0) is 67.5 Å². The van der Waals surface area contributed by atoms with Crippen LogP contribution in [0.15, 0.2) is 36.4 Å². The van der Waals surface area contributed by atoms with Crippen molar-refractivity contribution in [3.8, 4) is 11.5 Å². The fourth-order valence-corrected chi connectivity index (χ4v) is 4.47. The zero-order valence-electron chi connectivity index (χ0n) is 19.5. The van der Waals surface area contributed by atoms with Gasteiger partial charge in [-0.3, -0.25) is 4.52 Å². The maximum Gasteiger partial charge on any atom is 0.463 e. The maximum absolute atomic E-state index is 6.23. The van der Waals surface area contributed by atoms with Crippen molar-refractivity contribution in [3.05, 3.63) is 58.7 Å². The van der Waals surface area contributed by atoms with Gasteiger partial charge in [-0.25, -0.2) is 0 Å². The molecule has 0 amide bonds. The molecule has 0 aliphatic carbocycles. The molecule has 0 atom stereocenters. The van der Waals surface area contributed by atoms with Crippen LogP contribution in [0.4, 0.5) is 0 Å². The molecule has 0 aliphatic rings. The van der Waals surface area contributed by atoms with Gasteiger partial charge in [0.2, 0.25) is 0 Å². The van der Waals surface area contributed by atoms with E-state index in [1.165, 1.54) is 43.2 Å². The first-order valence-electron chi connectivity index (χ1n) is 11.5. The van der Waals surface area contributed by atoms with Crippen LogP contribution in [-0.2, 0) is 17.4 Å². The second-order valence-electron chi connectivity index (χ2n) is 7.91. The average molecular weight is 431 g/mol. The van der Waals surface area contributed by atoms with Gasteiger partial charge in [0, 0.05) is 0 Å². The van der Waals surface area contributed by atoms with E-state index in [4.69, 9.17) is 13.6 Å². The Morgan fingerprint density at radius 2 is 1.17 bits per heavy atom. The highest BCUT2D eigenvalue weighted by Gasteiger charge is 2.19. The van der Waals surface area contributed by atoms with Crippen LogP contribution in [0.1, 0.15) is 81.5 Å². The van der Waals surface area contributed by atoms with Gasteiger partial charge in [-0.1, -0.05) is 77.1 Å². The van der Waals surface area contributed by atoms with Crippen molar-refractivity contribution in [1.29, 1.82) is 0 Å². The third kappa shape index (κ3) is 8.28. The predicted molar refractivity (Wildman–Crippen MR) is 129 cm³/mol. The Labute approximate surface area is 185 Å². The summed E-state index contributed by atoms with van der Waals surface area (Å²) in [5.41, 5.74) is 4.85. The van der Waals surface area contributed by atoms with E-state index in [2.05, 4.69) is 58.9 Å². The van der Waals surface area contributed by atoms with E-state index in [-0.39, 0.29) is 0 Å². The van der Waals surface area contributed by atoms with Crippen molar-refractivity contribution in [2.24, 2.45) is 0 Å². The van der Waals surface area contributed by atoms with Gasteiger partial charge in [0.15, 0.2) is 0 Å². The van der Waals surface area contributed by atoms with Gasteiger partial charge < -0.3 is 9.05 Å². The number of aryl methyl sites for hydroxylation is 4. The summed E-state index contributed by atoms with van der Waals surface area (Å²) >= 11 is 0. The molecule has 2 aromatic carbocycles. The molecule has 0 bridgehead atoms. The molecular weight excluding hydrogens is 391 g/mol. The zero-order valence-corrected chi connectivity index (χ0v) is 20.4. The fourth-order valence-electron chi connectivity index (χ4n) is 3.32. The zero-order chi connectivity index (χ0) is 21.8. The summed E-state index contributed by atoms with van der Waals surface area (Å²) in [6.07, 6.45) is 9.44. The number of rotatable bonds is 14. The molecule has 0 unspecified atom stereocenters. The van der Waals surface area contributed by atoms with Crippen LogP contribution in [0, 0.1) is 13.8 Å². The highest BCUT2D eigenvalue weighted by atomic mass is 31.2. The largest absolute Gasteiger partial charge is 0.463 e. The highest BCUT2D eigenvalue weighted by Crippen LogP contribution is 2.43. The van der Waals surface area contributed by atoms with E-state index >= 15 is 0 Å². The first-order chi connectivity index (χ1) is 14.6. The van der Waals surface area contributed by atoms with Crippen LogP contribution in [-0.4, -0.2) is 6.61 Å². The summed E-state index contributed by atoms with van der Waals surface area (Å²) in [7, 11) is -1.50. The third-order valence-electron chi connectivity index (χ3n) is 5.34. The lowest BCUT2D eigenvalue weighted by Gasteiger charge is -2.20. The summed E-state index contributed by atoms with van der Waals surface area (Å²) in [5, 5.41) is 0. The first-order valence-corrected chi connectivity index (χ1v) is 12.6. The Kier molecular flexibility index (Phi) is 11.3. The lowest BCUT2D eigenvalue weighted by atomic mass is 10.1. The minimum Gasteiger partial charge on any atom is -0.417 e. The molecule has 30 heavy (non-hydrogen) atoms. The minimum atomic E-state index is -1.50. The number of benzene rings is 2. The van der Waals surface area contributed by atoms with Crippen molar-refractivity contribution < 1.29 is 13.6 Å². The number of hydrogen-bond donors (Lipinski definition) is 0. The summed E-state index contributed by atoms with van der Waals surface area (Å²) in [6, 6.07) is 12.7. The molecule has 2 aromatic rings. The Balaban J connectivity index is 2.02. The molecule has 0 aliphatic heterocycles. The van der Waals surface area contributed by atoms with Gasteiger partial charge >= 0.3 is 8.60 Å². The standard InChI is InChI=1S/C26H39O3P/c1-6-9-10-11-12-13-18-27-30(28-25-16-14-23(7-2)19-21(25)4)29-26-17-15-24(8-3)20-22(26)5/h14-17,19-20H,6-13,18H2,1-5H3. The van der Waals surface area contributed by atoms with Crippen LogP contribution in [0.5, 0.6) is 11.5 Å². The Hall–Kier alpha value is -1.57. The normalized spacial score (nSPS) is 11.1. The van der Waals surface area contributed by atoms with Crippen LogP contribution >= 0.6 is 8.60 Å². The molecule has 4 heteroatoms. The van der Waals surface area contributed by atoms with Gasteiger partial charge in [0.25, 0.3) is 0 Å². The van der Waals surface area contributed by atoms with Crippen molar-refractivity contribution in [1.82, 2.24) is 0 Å². The molecule has 0 radical (unpaired) electrons. The second-order valence-corrected chi connectivity index (χ2v) is 8.98. The SMILES string of the molecule is CCCCCCCCOP(Oc1ccc(CC)cc1C)Oc1ccc(CC)cc1C. The topological polar surface area (TPSA) is 27.7 Å². The Morgan fingerprint density at radius 3 is 1.63 bits per heavy atom. The molecule has 0 fully saturated rings. The van der Waals surface area contributed by atoms with Gasteiger partial charge in [-0.15, -0.1) is 0 Å². The van der Waals surface area contributed by atoms with E-state index in [0.717, 1.165) is 41.9 Å². The van der Waals surface area contributed by atoms with Gasteiger partial charge in [0.1, 0.15) is 11.5 Å². The summed E-state index contributed by atoms with van der Waals surface area (Å²) < 4.78 is 18.6. The van der Waals surface area contributed by atoms with Gasteiger partial charge in [0.05, 0.1) is 6.61 Å². The fraction of sp³-hybridized carbons (Fsp3) is 0.538. The van der Waals surface area contributed by atoms with Crippen LogP contribution < -0.4 is 9.05 Å². The van der Waals surface area contributed by atoms with Crippen molar-refractivity contribution >= 4 is 8.60 Å². The monoisotopic (exact) mass is 430 g/mol. The Morgan fingerprint density at radius 1 is 0.667 bits per heavy atom. The van der Waals surface area contributed by atoms with E-state index in [0.29, 0.717) is 6.61 Å². The molecule has 0 N–H and O–H groups in total. The van der Waals surface area contributed by atoms with Crippen molar-refractivity contribution in [2.45, 2.75) is 86.0 Å². The lowest BCUT2D eigenvalue weighted by Crippen LogP contribution is -2.03. The summed E-state index contributed by atoms with van der Waals surface area (Å²) in [4.78, 5) is 0. The predicted octanol–water partition coefficient (Wildman–Crippen LogP) is 8.49. The summed E-state index contributed by atoms with van der Waals surface area (Å²) in [5.74, 6) is 1.67. The van der Waals surface area contributed by atoms with E-state index in [1.54, 1.807) is 0 Å². The average Bonchev–Trinajstić information content (AvgIpc) is 2.75. The smallest absolute Gasteiger partial charge is 0.417 e. The quantitative estimate of drug-likeness (QED) is 0.222. The van der Waals surface area contributed by atoms with Crippen molar-refractivity contribution in [3.63, 3.8) is 0 Å². The lowest BCUT2D eigenvalue weighted by molar-refractivity contribution is 0.257. The second kappa shape index (κ2) is 13.7. The summed E-state index contributed by atoms with van der Waals surface area (Å²) in [6.45, 7) is 11.4. The Bertz CT molecular complexity index is 704. The molecular formula is C26H39O3P. The molecule has 0 spiro atoms. The molecule has 0 heterocycles. The molecule has 3 nitrogen and oxygen atoms in total. The van der Waals surface area contributed by atoms with E-state index in [9.17, 15) is 0 Å². The molecule has 166 valence electrons. The van der Waals surface area contributed by atoms with Gasteiger partial charge in [-0.2, -0.15) is 0 Å². The van der Waals surface area contributed by atoms with Crippen LogP contribution in [0.25, 0.3) is 0 Å². The highest BCUT2D eigenvalue weighted by molar-refractivity contribution is 7.42. The van der Waals surface area contributed by atoms with E-state index < -0.39 is 8.60 Å². The first kappa shape index (κ1) is 24.7. The number of hydrogen-bond acceptors (Lipinski definition) is 3. The van der Waals surface area contributed by atoms with Crippen molar-refractivity contribution in [2.75, 3.05) is 6.61 Å². The molecule has 0 saturated heterocycles. The molecule has 0 saturated carbocycles.